The van der Waals surface area contributed by atoms with E-state index in [4.69, 9.17) is 21.1 Å². The predicted octanol–water partition coefficient (Wildman–Crippen LogP) is 4.68. The monoisotopic (exact) mass is 419 g/mol. The number of hydrogen-bond acceptors (Lipinski definition) is 3. The molecule has 4 nitrogen and oxygen atoms in total. The molecule has 0 saturated heterocycles. The van der Waals surface area contributed by atoms with Gasteiger partial charge in [-0.3, -0.25) is 4.79 Å². The van der Waals surface area contributed by atoms with Crippen LogP contribution in [0.3, 0.4) is 0 Å². The van der Waals surface area contributed by atoms with Crippen LogP contribution in [0.25, 0.3) is 0 Å². The number of benzene rings is 2. The summed E-state index contributed by atoms with van der Waals surface area (Å²) >= 11 is 5.69. The van der Waals surface area contributed by atoms with E-state index in [9.17, 15) is 22.4 Å². The number of rotatable bonds is 8. The summed E-state index contributed by atoms with van der Waals surface area (Å²) in [5.74, 6) is -0.644. The third-order valence-electron chi connectivity index (χ3n) is 3.73. The smallest absolute Gasteiger partial charge is 0.422 e. The van der Waals surface area contributed by atoms with Crippen LogP contribution in [0.15, 0.2) is 36.4 Å². The molecule has 0 unspecified atom stereocenters. The molecule has 0 bridgehead atoms. The number of halogens is 5. The van der Waals surface area contributed by atoms with Gasteiger partial charge in [0.05, 0.1) is 12.1 Å². The first kappa shape index (κ1) is 21.8. The van der Waals surface area contributed by atoms with Gasteiger partial charge in [0.1, 0.15) is 5.82 Å². The molecule has 0 spiro atoms. The summed E-state index contributed by atoms with van der Waals surface area (Å²) in [6.45, 7) is -1.22. The van der Waals surface area contributed by atoms with Crippen molar-refractivity contribution in [2.24, 2.45) is 0 Å². The zero-order chi connectivity index (χ0) is 20.7. The maximum atomic E-state index is 13.1. The largest absolute Gasteiger partial charge is 0.493 e. The zero-order valence-electron chi connectivity index (χ0n) is 14.9. The summed E-state index contributed by atoms with van der Waals surface area (Å²) < 4.78 is 59.7. The van der Waals surface area contributed by atoms with Gasteiger partial charge in [-0.1, -0.05) is 23.7 Å². The Hall–Kier alpha value is -2.48. The number of carbonyl (C=O) groups is 1. The van der Waals surface area contributed by atoms with Crippen molar-refractivity contribution in [3.8, 4) is 11.5 Å². The molecule has 0 aliphatic heterocycles. The number of ether oxygens (including phenoxy) is 2. The summed E-state index contributed by atoms with van der Waals surface area (Å²) in [5.41, 5.74) is 1.36. The van der Waals surface area contributed by atoms with Gasteiger partial charge in [-0.05, 0) is 41.8 Å². The first-order valence-electron chi connectivity index (χ1n) is 8.25. The molecule has 2 aromatic rings. The van der Waals surface area contributed by atoms with Crippen molar-refractivity contribution in [3.05, 3.63) is 58.4 Å². The normalized spacial score (nSPS) is 11.2. The number of amides is 1. The van der Waals surface area contributed by atoms with Gasteiger partial charge in [-0.15, -0.1) is 0 Å². The minimum Gasteiger partial charge on any atom is -0.493 e. The maximum absolute atomic E-state index is 13.1. The quantitative estimate of drug-likeness (QED) is 0.632. The average Bonchev–Trinajstić information content (AvgIpc) is 2.65. The molecule has 0 aliphatic rings. The first-order valence-corrected chi connectivity index (χ1v) is 8.63. The Kier molecular flexibility index (Phi) is 7.51. The summed E-state index contributed by atoms with van der Waals surface area (Å²) in [6, 6.07) is 8.64. The average molecular weight is 420 g/mol. The highest BCUT2D eigenvalue weighted by atomic mass is 35.5. The fraction of sp³-hybridized carbons (Fsp3) is 0.316. The summed E-state index contributed by atoms with van der Waals surface area (Å²) in [5, 5.41) is 2.67. The molecular weight excluding hydrogens is 402 g/mol. The first-order chi connectivity index (χ1) is 13.2. The minimum absolute atomic E-state index is 0.0216. The molecule has 1 N–H and O–H groups in total. The molecule has 1 amide bonds. The van der Waals surface area contributed by atoms with E-state index in [2.05, 4.69) is 5.32 Å². The lowest BCUT2D eigenvalue weighted by molar-refractivity contribution is -0.153. The second-order valence-electron chi connectivity index (χ2n) is 5.91. The van der Waals surface area contributed by atoms with Crippen LogP contribution in [-0.2, 0) is 17.8 Å². The molecule has 2 rings (SSSR count). The number of aryl methyl sites for hydroxylation is 1. The third kappa shape index (κ3) is 6.92. The highest BCUT2D eigenvalue weighted by molar-refractivity contribution is 6.30. The Labute approximate surface area is 164 Å². The molecule has 28 heavy (non-hydrogen) atoms. The van der Waals surface area contributed by atoms with Crippen molar-refractivity contribution in [3.63, 3.8) is 0 Å². The Morgan fingerprint density at radius 3 is 2.46 bits per heavy atom. The van der Waals surface area contributed by atoms with Crippen LogP contribution in [-0.4, -0.2) is 25.8 Å². The lowest BCUT2D eigenvalue weighted by Crippen LogP contribution is -2.23. The van der Waals surface area contributed by atoms with E-state index in [0.717, 1.165) is 0 Å². The van der Waals surface area contributed by atoms with Gasteiger partial charge in [-0.2, -0.15) is 13.2 Å². The number of nitrogens with one attached hydrogen (secondary N) is 1. The third-order valence-corrected chi connectivity index (χ3v) is 4.02. The van der Waals surface area contributed by atoms with E-state index in [1.807, 2.05) is 0 Å². The van der Waals surface area contributed by atoms with Crippen LogP contribution in [0.5, 0.6) is 11.5 Å². The van der Waals surface area contributed by atoms with Crippen LogP contribution in [0.1, 0.15) is 17.5 Å². The van der Waals surface area contributed by atoms with Gasteiger partial charge < -0.3 is 14.8 Å². The highest BCUT2D eigenvalue weighted by Crippen LogP contribution is 2.30. The second kappa shape index (κ2) is 9.64. The fourth-order valence-corrected chi connectivity index (χ4v) is 2.55. The SMILES string of the molecule is COc1cc(CCC(=O)NCc2ccc(F)c(Cl)c2)ccc1OCC(F)(F)F. The van der Waals surface area contributed by atoms with Gasteiger partial charge in [-0.25, -0.2) is 4.39 Å². The van der Waals surface area contributed by atoms with Crippen molar-refractivity contribution in [1.29, 1.82) is 0 Å². The predicted molar refractivity (Wildman–Crippen MR) is 96.1 cm³/mol. The van der Waals surface area contributed by atoms with Crippen molar-refractivity contribution in [2.75, 3.05) is 13.7 Å². The molecule has 0 atom stereocenters. The number of methoxy groups -OCH3 is 1. The molecule has 152 valence electrons. The maximum Gasteiger partial charge on any atom is 0.422 e. The van der Waals surface area contributed by atoms with Crippen molar-refractivity contribution in [1.82, 2.24) is 5.32 Å². The standard InChI is InChI=1S/C19H18ClF4NO3/c1-27-17-9-12(3-6-16(17)28-11-19(22,23)24)4-7-18(26)25-10-13-2-5-15(21)14(20)8-13/h2-3,5-6,8-9H,4,7,10-11H2,1H3,(H,25,26). The number of hydrogen-bond donors (Lipinski definition) is 1. The molecule has 0 aliphatic carbocycles. The van der Waals surface area contributed by atoms with E-state index in [0.29, 0.717) is 17.5 Å². The van der Waals surface area contributed by atoms with E-state index in [1.165, 1.54) is 37.4 Å². The molecule has 0 radical (unpaired) electrons. The summed E-state index contributed by atoms with van der Waals surface area (Å²) in [6.07, 6.45) is -3.94. The number of alkyl halides is 3. The lowest BCUT2D eigenvalue weighted by Gasteiger charge is -2.13. The number of carbonyl (C=O) groups excluding carboxylic acids is 1. The van der Waals surface area contributed by atoms with Gasteiger partial charge in [0.15, 0.2) is 18.1 Å². The van der Waals surface area contributed by atoms with Crippen molar-refractivity contribution in [2.45, 2.75) is 25.6 Å². The van der Waals surface area contributed by atoms with Crippen LogP contribution in [0.2, 0.25) is 5.02 Å². The molecule has 0 saturated carbocycles. The summed E-state index contributed by atoms with van der Waals surface area (Å²) in [7, 11) is 1.32. The minimum atomic E-state index is -4.45. The molecule has 0 fully saturated rings. The van der Waals surface area contributed by atoms with Crippen LogP contribution < -0.4 is 14.8 Å². The topological polar surface area (TPSA) is 47.6 Å². The van der Waals surface area contributed by atoms with Crippen LogP contribution >= 0.6 is 11.6 Å². The zero-order valence-corrected chi connectivity index (χ0v) is 15.7. The van der Waals surface area contributed by atoms with Crippen LogP contribution in [0.4, 0.5) is 17.6 Å². The fourth-order valence-electron chi connectivity index (χ4n) is 2.34. The second-order valence-corrected chi connectivity index (χ2v) is 6.32. The molecule has 0 heterocycles. The van der Waals surface area contributed by atoms with Gasteiger partial charge in [0, 0.05) is 13.0 Å². The Balaban J connectivity index is 1.87. The van der Waals surface area contributed by atoms with E-state index in [1.54, 1.807) is 6.07 Å². The lowest BCUT2D eigenvalue weighted by atomic mass is 10.1. The molecule has 0 aromatic heterocycles. The van der Waals surface area contributed by atoms with Gasteiger partial charge >= 0.3 is 6.18 Å². The van der Waals surface area contributed by atoms with Gasteiger partial charge in [0.2, 0.25) is 5.91 Å². The van der Waals surface area contributed by atoms with Crippen LogP contribution in [0, 0.1) is 5.82 Å². The molecule has 2 aromatic carbocycles. The molecule has 9 heteroatoms. The summed E-state index contributed by atoms with van der Waals surface area (Å²) in [4.78, 5) is 12.0. The van der Waals surface area contributed by atoms with E-state index in [-0.39, 0.29) is 35.4 Å². The van der Waals surface area contributed by atoms with E-state index < -0.39 is 18.6 Å². The van der Waals surface area contributed by atoms with E-state index >= 15 is 0 Å². The Morgan fingerprint density at radius 2 is 1.82 bits per heavy atom. The van der Waals surface area contributed by atoms with Gasteiger partial charge in [0.25, 0.3) is 0 Å². The highest BCUT2D eigenvalue weighted by Gasteiger charge is 2.29. The Morgan fingerprint density at radius 1 is 1.11 bits per heavy atom. The van der Waals surface area contributed by atoms with Crippen molar-refractivity contribution < 1.29 is 31.8 Å². The molecular formula is C19H18ClF4NO3. The Bertz CT molecular complexity index is 827. The van der Waals surface area contributed by atoms with Crippen molar-refractivity contribution >= 4 is 17.5 Å².